The molecule has 0 saturated carbocycles. The van der Waals surface area contributed by atoms with Gasteiger partial charge in [0.05, 0.1) is 38.8 Å². The molecular formula is C16H37NO7P2. The van der Waals surface area contributed by atoms with Crippen molar-refractivity contribution in [1.82, 2.24) is 4.90 Å². The van der Waals surface area contributed by atoms with E-state index in [-0.39, 0.29) is 12.3 Å². The van der Waals surface area contributed by atoms with Crippen molar-refractivity contribution in [1.29, 1.82) is 0 Å². The van der Waals surface area contributed by atoms with Gasteiger partial charge >= 0.3 is 15.2 Å². The van der Waals surface area contributed by atoms with Gasteiger partial charge < -0.3 is 27.7 Å². The zero-order valence-corrected chi connectivity index (χ0v) is 18.8. The highest BCUT2D eigenvalue weighted by molar-refractivity contribution is 7.54. The van der Waals surface area contributed by atoms with Crippen molar-refractivity contribution >= 4 is 15.2 Å². The third-order valence-electron chi connectivity index (χ3n) is 3.51. The van der Waals surface area contributed by atoms with Gasteiger partial charge in [0, 0.05) is 33.4 Å². The molecule has 0 atom stereocenters. The molecule has 0 aromatic rings. The topological polar surface area (TPSA) is 83.5 Å². The van der Waals surface area contributed by atoms with Crippen LogP contribution >= 0.6 is 15.2 Å². The van der Waals surface area contributed by atoms with Gasteiger partial charge in [-0.25, -0.2) is 0 Å². The molecule has 0 amide bonds. The fourth-order valence-electron chi connectivity index (χ4n) is 2.42. The summed E-state index contributed by atoms with van der Waals surface area (Å²) in [5, 5.41) is 0. The zero-order valence-electron chi connectivity index (χ0n) is 17.0. The first-order valence-corrected chi connectivity index (χ1v) is 12.8. The predicted molar refractivity (Wildman–Crippen MR) is 104 cm³/mol. The van der Waals surface area contributed by atoms with Gasteiger partial charge in [0.15, 0.2) is 0 Å². The normalized spacial score (nSPS) is 12.8. The molecule has 0 aliphatic heterocycles. The van der Waals surface area contributed by atoms with Crippen molar-refractivity contribution in [2.45, 2.75) is 34.1 Å². The summed E-state index contributed by atoms with van der Waals surface area (Å²) >= 11 is 0. The van der Waals surface area contributed by atoms with Gasteiger partial charge in [0.25, 0.3) is 0 Å². The molecule has 0 aromatic carbocycles. The van der Waals surface area contributed by atoms with Crippen LogP contribution in [0.15, 0.2) is 0 Å². The maximum absolute atomic E-state index is 12.7. The Labute approximate surface area is 158 Å². The smallest absolute Gasteiger partial charge is 0.331 e. The van der Waals surface area contributed by atoms with E-state index in [0.717, 1.165) is 13.0 Å². The van der Waals surface area contributed by atoms with Crippen LogP contribution in [0, 0.1) is 0 Å². The Morgan fingerprint density at radius 3 is 1.38 bits per heavy atom. The highest BCUT2D eigenvalue weighted by Crippen LogP contribution is 2.49. The lowest BCUT2D eigenvalue weighted by Gasteiger charge is -2.26. The summed E-state index contributed by atoms with van der Waals surface area (Å²) < 4.78 is 51.8. The van der Waals surface area contributed by atoms with Crippen molar-refractivity contribution < 1.29 is 32.0 Å². The Kier molecular flexibility index (Phi) is 15.3. The molecule has 0 aliphatic carbocycles. The van der Waals surface area contributed by atoms with Gasteiger partial charge in [0.1, 0.15) is 0 Å². The summed E-state index contributed by atoms with van der Waals surface area (Å²) in [6, 6.07) is 0. The van der Waals surface area contributed by atoms with Crippen molar-refractivity contribution in [3.8, 4) is 0 Å². The number of nitrogens with zero attached hydrogens (tertiary/aromatic N) is 1. The summed E-state index contributed by atoms with van der Waals surface area (Å²) in [7, 11) is -4.56. The van der Waals surface area contributed by atoms with Crippen molar-refractivity contribution in [3.63, 3.8) is 0 Å². The van der Waals surface area contributed by atoms with Gasteiger partial charge in [-0.15, -0.1) is 0 Å². The van der Waals surface area contributed by atoms with Crippen LogP contribution in [0.2, 0.25) is 0 Å². The quantitative estimate of drug-likeness (QED) is 0.246. The van der Waals surface area contributed by atoms with E-state index in [0.29, 0.717) is 46.1 Å². The second kappa shape index (κ2) is 15.2. The van der Waals surface area contributed by atoms with E-state index in [2.05, 4.69) is 4.90 Å². The van der Waals surface area contributed by atoms with E-state index in [4.69, 9.17) is 22.8 Å². The molecule has 10 heteroatoms. The summed E-state index contributed by atoms with van der Waals surface area (Å²) in [4.78, 5) is 2.08. The Balaban J connectivity index is 4.82. The SMILES string of the molecule is CCOP(=O)(CCN(CCCOC)CCP(=O)(OCC)OCC)OCC. The van der Waals surface area contributed by atoms with Crippen molar-refractivity contribution in [3.05, 3.63) is 0 Å². The number of methoxy groups -OCH3 is 1. The van der Waals surface area contributed by atoms with Crippen LogP contribution in [0.1, 0.15) is 34.1 Å². The van der Waals surface area contributed by atoms with Gasteiger partial charge in [-0.05, 0) is 34.1 Å². The number of ether oxygens (including phenoxy) is 1. The summed E-state index contributed by atoms with van der Waals surface area (Å²) in [6.45, 7) is 10.9. The van der Waals surface area contributed by atoms with Gasteiger partial charge in [-0.2, -0.15) is 0 Å². The monoisotopic (exact) mass is 417 g/mol. The maximum Gasteiger partial charge on any atom is 0.331 e. The van der Waals surface area contributed by atoms with E-state index in [1.807, 2.05) is 0 Å². The molecule has 0 N–H and O–H groups in total. The van der Waals surface area contributed by atoms with Gasteiger partial charge in [0.2, 0.25) is 0 Å². The van der Waals surface area contributed by atoms with Crippen LogP contribution in [-0.2, 0) is 32.0 Å². The lowest BCUT2D eigenvalue weighted by molar-refractivity contribution is 0.171. The average molecular weight is 417 g/mol. The van der Waals surface area contributed by atoms with E-state index in [1.165, 1.54) is 0 Å². The molecule has 26 heavy (non-hydrogen) atoms. The fourth-order valence-corrected chi connectivity index (χ4v) is 5.71. The first-order chi connectivity index (χ1) is 12.4. The average Bonchev–Trinajstić information content (AvgIpc) is 2.58. The van der Waals surface area contributed by atoms with E-state index >= 15 is 0 Å². The van der Waals surface area contributed by atoms with Crippen LogP contribution in [-0.4, -0.2) is 77.0 Å². The highest BCUT2D eigenvalue weighted by atomic mass is 31.2. The standard InChI is InChI=1S/C16H37NO7P2/c1-6-21-25(18,22-7-2)15-12-17(11-10-14-20-5)13-16-26(19,23-8-3)24-9-4/h6-16H2,1-5H3. The fraction of sp³-hybridized carbons (Fsp3) is 1.00. The molecule has 0 saturated heterocycles. The lowest BCUT2D eigenvalue weighted by Crippen LogP contribution is -2.32. The minimum Gasteiger partial charge on any atom is -0.385 e. The molecule has 0 rings (SSSR count). The zero-order chi connectivity index (χ0) is 19.9. The van der Waals surface area contributed by atoms with Crippen LogP contribution in [0.5, 0.6) is 0 Å². The second-order valence-corrected chi connectivity index (χ2v) is 9.90. The van der Waals surface area contributed by atoms with Crippen molar-refractivity contribution in [2.75, 3.05) is 72.1 Å². The lowest BCUT2D eigenvalue weighted by atomic mass is 10.4. The van der Waals surface area contributed by atoms with E-state index in [9.17, 15) is 9.13 Å². The first kappa shape index (κ1) is 26.2. The Bertz CT molecular complexity index is 383. The largest absolute Gasteiger partial charge is 0.385 e. The highest BCUT2D eigenvalue weighted by Gasteiger charge is 2.27. The van der Waals surface area contributed by atoms with Crippen molar-refractivity contribution in [2.24, 2.45) is 0 Å². The number of rotatable bonds is 18. The third-order valence-corrected chi connectivity index (χ3v) is 7.61. The van der Waals surface area contributed by atoms with Crippen LogP contribution < -0.4 is 0 Å². The molecule has 0 radical (unpaired) electrons. The molecular weight excluding hydrogens is 380 g/mol. The summed E-state index contributed by atoms with van der Waals surface area (Å²) in [5.41, 5.74) is 0. The summed E-state index contributed by atoms with van der Waals surface area (Å²) in [6.07, 6.45) is 1.39. The molecule has 0 heterocycles. The minimum absolute atomic E-state index is 0.287. The molecule has 0 fully saturated rings. The van der Waals surface area contributed by atoms with Crippen LogP contribution in [0.3, 0.4) is 0 Å². The summed E-state index contributed by atoms with van der Waals surface area (Å²) in [5.74, 6) is 0. The van der Waals surface area contributed by atoms with E-state index in [1.54, 1.807) is 34.8 Å². The molecule has 0 aliphatic rings. The third kappa shape index (κ3) is 11.8. The molecule has 0 unspecified atom stereocenters. The molecule has 0 spiro atoms. The number of hydrogen-bond donors (Lipinski definition) is 0. The van der Waals surface area contributed by atoms with Gasteiger partial charge in [-0.1, -0.05) is 0 Å². The molecule has 8 nitrogen and oxygen atoms in total. The van der Waals surface area contributed by atoms with Gasteiger partial charge in [-0.3, -0.25) is 9.13 Å². The van der Waals surface area contributed by atoms with Crippen LogP contribution in [0.4, 0.5) is 0 Å². The minimum atomic E-state index is -3.11. The van der Waals surface area contributed by atoms with E-state index < -0.39 is 15.2 Å². The molecule has 0 aromatic heterocycles. The Morgan fingerprint density at radius 1 is 0.692 bits per heavy atom. The Hall–Kier alpha value is 0.220. The predicted octanol–water partition coefficient (Wildman–Crippen LogP) is 3.86. The first-order valence-electron chi connectivity index (χ1n) is 9.36. The maximum atomic E-state index is 12.7. The van der Waals surface area contributed by atoms with Crippen LogP contribution in [0.25, 0.3) is 0 Å². The molecule has 0 bridgehead atoms. The molecule has 158 valence electrons. The second-order valence-electron chi connectivity index (χ2n) is 5.53. The number of hydrogen-bond acceptors (Lipinski definition) is 8. The Morgan fingerprint density at radius 2 is 1.08 bits per heavy atom.